The minimum Gasteiger partial charge on any atom is -0.478 e. The summed E-state index contributed by atoms with van der Waals surface area (Å²) in [4.78, 5) is 13.0. The molecule has 0 amide bonds. The van der Waals surface area contributed by atoms with E-state index in [1.165, 1.54) is 6.08 Å². The number of carboxylic acid groups (broad SMARTS) is 1. The first kappa shape index (κ1) is 13.8. The predicted octanol–water partition coefficient (Wildman–Crippen LogP) is 2.01. The third-order valence-electron chi connectivity index (χ3n) is 3.34. The summed E-state index contributed by atoms with van der Waals surface area (Å²) in [5.74, 6) is -0.922. The molecule has 102 valence electrons. The van der Waals surface area contributed by atoms with Crippen LogP contribution in [0.2, 0.25) is 0 Å². The smallest absolute Gasteiger partial charge is 0.328 e. The number of rotatable bonds is 4. The van der Waals surface area contributed by atoms with Gasteiger partial charge in [-0.05, 0) is 24.1 Å². The highest BCUT2D eigenvalue weighted by atomic mass is 16.5. The van der Waals surface area contributed by atoms with Gasteiger partial charge < -0.3 is 9.84 Å². The summed E-state index contributed by atoms with van der Waals surface area (Å²) in [6.45, 7) is 5.41. The molecule has 1 saturated heterocycles. The van der Waals surface area contributed by atoms with Crippen molar-refractivity contribution in [1.82, 2.24) is 4.90 Å². The van der Waals surface area contributed by atoms with E-state index < -0.39 is 5.97 Å². The van der Waals surface area contributed by atoms with Crippen LogP contribution in [0.5, 0.6) is 0 Å². The number of aliphatic carboxylic acids is 1. The Labute approximate surface area is 113 Å². The van der Waals surface area contributed by atoms with E-state index in [1.54, 1.807) is 6.08 Å². The topological polar surface area (TPSA) is 49.8 Å². The van der Waals surface area contributed by atoms with E-state index in [4.69, 9.17) is 9.84 Å². The Balaban J connectivity index is 2.13. The fraction of sp³-hybridized carbons (Fsp3) is 0.400. The molecule has 4 heteroatoms. The molecule has 1 atom stereocenters. The predicted molar refractivity (Wildman–Crippen MR) is 73.8 cm³/mol. The van der Waals surface area contributed by atoms with Crippen molar-refractivity contribution in [2.75, 3.05) is 19.8 Å². The van der Waals surface area contributed by atoms with Gasteiger partial charge in [-0.1, -0.05) is 24.3 Å². The van der Waals surface area contributed by atoms with Crippen LogP contribution in [0.15, 0.2) is 30.3 Å². The van der Waals surface area contributed by atoms with Crippen LogP contribution in [-0.4, -0.2) is 41.8 Å². The van der Waals surface area contributed by atoms with E-state index in [9.17, 15) is 4.79 Å². The van der Waals surface area contributed by atoms with Crippen LogP contribution in [0, 0.1) is 0 Å². The number of nitrogens with zero attached hydrogens (tertiary/aromatic N) is 1. The molecule has 0 radical (unpaired) electrons. The molecule has 1 N–H and O–H groups in total. The Morgan fingerprint density at radius 3 is 3.05 bits per heavy atom. The minimum absolute atomic E-state index is 0.394. The van der Waals surface area contributed by atoms with E-state index in [-0.39, 0.29) is 0 Å². The molecule has 0 bridgehead atoms. The van der Waals surface area contributed by atoms with E-state index in [2.05, 4.69) is 11.8 Å². The number of carbonyl (C=O) groups is 1. The summed E-state index contributed by atoms with van der Waals surface area (Å²) in [5.41, 5.74) is 2.11. The first-order chi connectivity index (χ1) is 9.16. The second-order valence-electron chi connectivity index (χ2n) is 4.76. The lowest BCUT2D eigenvalue weighted by Gasteiger charge is -2.33. The third-order valence-corrected chi connectivity index (χ3v) is 3.34. The summed E-state index contributed by atoms with van der Waals surface area (Å²) in [5, 5.41) is 8.72. The van der Waals surface area contributed by atoms with Crippen molar-refractivity contribution < 1.29 is 14.6 Å². The quantitative estimate of drug-likeness (QED) is 0.842. The molecule has 0 aromatic heterocycles. The first-order valence-electron chi connectivity index (χ1n) is 6.47. The zero-order chi connectivity index (χ0) is 13.7. The molecule has 1 aliphatic rings. The van der Waals surface area contributed by atoms with Gasteiger partial charge >= 0.3 is 5.97 Å². The largest absolute Gasteiger partial charge is 0.478 e. The van der Waals surface area contributed by atoms with E-state index in [1.807, 2.05) is 24.3 Å². The Morgan fingerprint density at radius 1 is 1.53 bits per heavy atom. The van der Waals surface area contributed by atoms with Crippen molar-refractivity contribution in [2.24, 2.45) is 0 Å². The van der Waals surface area contributed by atoms with Gasteiger partial charge in [0.1, 0.15) is 0 Å². The lowest BCUT2D eigenvalue weighted by atomic mass is 10.1. The summed E-state index contributed by atoms with van der Waals surface area (Å²) in [6, 6.07) is 8.29. The highest BCUT2D eigenvalue weighted by molar-refractivity contribution is 5.85. The van der Waals surface area contributed by atoms with Crippen molar-refractivity contribution in [3.05, 3.63) is 41.5 Å². The Bertz CT molecular complexity index is 470. The van der Waals surface area contributed by atoms with Gasteiger partial charge in [-0.25, -0.2) is 4.79 Å². The second kappa shape index (κ2) is 6.50. The van der Waals surface area contributed by atoms with Crippen molar-refractivity contribution >= 4 is 12.0 Å². The summed E-state index contributed by atoms with van der Waals surface area (Å²) < 4.78 is 5.43. The fourth-order valence-corrected chi connectivity index (χ4v) is 2.22. The van der Waals surface area contributed by atoms with Crippen molar-refractivity contribution in [3.63, 3.8) is 0 Å². The Hall–Kier alpha value is -1.65. The van der Waals surface area contributed by atoms with Crippen LogP contribution in [0.3, 0.4) is 0 Å². The minimum atomic E-state index is -0.922. The molecule has 1 fully saturated rings. The number of hydrogen-bond acceptors (Lipinski definition) is 3. The average molecular weight is 261 g/mol. The van der Waals surface area contributed by atoms with Gasteiger partial charge in [-0.2, -0.15) is 0 Å². The summed E-state index contributed by atoms with van der Waals surface area (Å²) in [7, 11) is 0. The molecule has 19 heavy (non-hydrogen) atoms. The third kappa shape index (κ3) is 3.91. The molecule has 1 unspecified atom stereocenters. The van der Waals surface area contributed by atoms with Crippen molar-refractivity contribution in [2.45, 2.75) is 19.5 Å². The lowest BCUT2D eigenvalue weighted by Crippen LogP contribution is -2.43. The van der Waals surface area contributed by atoms with Crippen molar-refractivity contribution in [1.29, 1.82) is 0 Å². The highest BCUT2D eigenvalue weighted by Crippen LogP contribution is 2.16. The molecule has 1 aromatic carbocycles. The van der Waals surface area contributed by atoms with Crippen LogP contribution in [0.25, 0.3) is 6.08 Å². The van der Waals surface area contributed by atoms with Crippen LogP contribution >= 0.6 is 0 Å². The monoisotopic (exact) mass is 261 g/mol. The maximum absolute atomic E-state index is 10.6. The van der Waals surface area contributed by atoms with Gasteiger partial charge in [0.05, 0.1) is 13.2 Å². The first-order valence-corrected chi connectivity index (χ1v) is 6.47. The fourth-order valence-electron chi connectivity index (χ4n) is 2.22. The van der Waals surface area contributed by atoms with Crippen molar-refractivity contribution in [3.8, 4) is 0 Å². The van der Waals surface area contributed by atoms with Gasteiger partial charge in [-0.3, -0.25) is 4.90 Å². The molecule has 0 spiro atoms. The van der Waals surface area contributed by atoms with Crippen LogP contribution in [-0.2, 0) is 16.1 Å². The molecular formula is C15H19NO3. The number of ether oxygens (including phenoxy) is 1. The van der Waals surface area contributed by atoms with Gasteiger partial charge in [0, 0.05) is 25.2 Å². The highest BCUT2D eigenvalue weighted by Gasteiger charge is 2.19. The average Bonchev–Trinajstić information content (AvgIpc) is 2.40. The standard InChI is InChI=1S/C15H19NO3/c1-12-11-19-9-8-16(12)10-14-5-3-2-4-13(14)6-7-15(17)18/h2-7,12H,8-11H2,1H3,(H,17,18)/b7-6+. The summed E-state index contributed by atoms with van der Waals surface area (Å²) >= 11 is 0. The number of benzene rings is 1. The van der Waals surface area contributed by atoms with Crippen LogP contribution < -0.4 is 0 Å². The van der Waals surface area contributed by atoms with Gasteiger partial charge in [0.2, 0.25) is 0 Å². The maximum atomic E-state index is 10.6. The lowest BCUT2D eigenvalue weighted by molar-refractivity contribution is -0.131. The van der Waals surface area contributed by atoms with E-state index >= 15 is 0 Å². The van der Waals surface area contributed by atoms with E-state index in [0.29, 0.717) is 6.04 Å². The molecule has 4 nitrogen and oxygen atoms in total. The zero-order valence-corrected chi connectivity index (χ0v) is 11.1. The van der Waals surface area contributed by atoms with E-state index in [0.717, 1.165) is 37.4 Å². The molecule has 0 aliphatic carbocycles. The Morgan fingerprint density at radius 2 is 2.32 bits per heavy atom. The SMILES string of the molecule is CC1COCCN1Cc1ccccc1/C=C/C(=O)O. The van der Waals surface area contributed by atoms with Gasteiger partial charge in [0.25, 0.3) is 0 Å². The summed E-state index contributed by atoms with van der Waals surface area (Å²) in [6.07, 6.45) is 2.84. The molecule has 1 aliphatic heterocycles. The van der Waals surface area contributed by atoms with Crippen LogP contribution in [0.4, 0.5) is 0 Å². The second-order valence-corrected chi connectivity index (χ2v) is 4.76. The molecule has 2 rings (SSSR count). The molecule has 0 saturated carbocycles. The van der Waals surface area contributed by atoms with Crippen LogP contribution in [0.1, 0.15) is 18.1 Å². The molecular weight excluding hydrogens is 242 g/mol. The molecule has 1 heterocycles. The number of hydrogen-bond donors (Lipinski definition) is 1. The number of morpholine rings is 1. The van der Waals surface area contributed by atoms with Gasteiger partial charge in [0.15, 0.2) is 0 Å². The zero-order valence-electron chi connectivity index (χ0n) is 11.1. The normalized spacial score (nSPS) is 20.8. The van der Waals surface area contributed by atoms with Gasteiger partial charge in [-0.15, -0.1) is 0 Å². The molecule has 1 aromatic rings. The maximum Gasteiger partial charge on any atom is 0.328 e. The Kier molecular flexibility index (Phi) is 4.71. The number of carboxylic acids is 1.